The van der Waals surface area contributed by atoms with E-state index < -0.39 is 0 Å². The molecule has 3 heteroatoms. The smallest absolute Gasteiger partial charge is 0.126 e. The lowest BCUT2D eigenvalue weighted by Gasteiger charge is -2.19. The van der Waals surface area contributed by atoms with E-state index in [0.717, 1.165) is 24.2 Å². The molecular weight excluding hydrogens is 190 g/mol. The minimum atomic E-state index is 0.100. The number of methoxy groups -OCH3 is 1. The maximum Gasteiger partial charge on any atom is 0.126 e. The molecule has 1 aliphatic carbocycles. The summed E-state index contributed by atoms with van der Waals surface area (Å²) in [7, 11) is 1.63. The zero-order chi connectivity index (χ0) is 11.1. The fourth-order valence-corrected chi connectivity index (χ4v) is 2.28. The summed E-state index contributed by atoms with van der Waals surface area (Å²) >= 11 is 0. The van der Waals surface area contributed by atoms with Crippen molar-refractivity contribution < 1.29 is 9.84 Å². The van der Waals surface area contributed by atoms with Crippen molar-refractivity contribution in [3.8, 4) is 11.5 Å². The van der Waals surface area contributed by atoms with Crippen LogP contribution in [-0.2, 0) is 5.41 Å². The van der Waals surface area contributed by atoms with Gasteiger partial charge in [0, 0.05) is 23.6 Å². The van der Waals surface area contributed by atoms with Gasteiger partial charge in [0.25, 0.3) is 0 Å². The SMILES string of the molecule is COc1cc(O)cc(C)c1C1(CN)CC1. The van der Waals surface area contributed by atoms with Crippen LogP contribution in [0.3, 0.4) is 0 Å². The van der Waals surface area contributed by atoms with E-state index in [9.17, 15) is 5.11 Å². The van der Waals surface area contributed by atoms with Crippen molar-refractivity contribution in [2.24, 2.45) is 5.73 Å². The highest BCUT2D eigenvalue weighted by Crippen LogP contribution is 2.52. The lowest BCUT2D eigenvalue weighted by atomic mass is 9.91. The topological polar surface area (TPSA) is 55.5 Å². The van der Waals surface area contributed by atoms with Gasteiger partial charge in [0.2, 0.25) is 0 Å². The van der Waals surface area contributed by atoms with E-state index in [-0.39, 0.29) is 11.2 Å². The van der Waals surface area contributed by atoms with Crippen LogP contribution in [0.2, 0.25) is 0 Å². The number of hydrogen-bond donors (Lipinski definition) is 2. The van der Waals surface area contributed by atoms with Crippen LogP contribution in [0.15, 0.2) is 12.1 Å². The van der Waals surface area contributed by atoms with Crippen molar-refractivity contribution in [1.82, 2.24) is 0 Å². The summed E-state index contributed by atoms with van der Waals surface area (Å²) in [6, 6.07) is 3.44. The van der Waals surface area contributed by atoms with E-state index >= 15 is 0 Å². The van der Waals surface area contributed by atoms with Crippen LogP contribution in [-0.4, -0.2) is 18.8 Å². The van der Waals surface area contributed by atoms with Crippen LogP contribution < -0.4 is 10.5 Å². The van der Waals surface area contributed by atoms with Crippen molar-refractivity contribution >= 4 is 0 Å². The molecule has 0 unspecified atom stereocenters. The first-order chi connectivity index (χ1) is 7.13. The monoisotopic (exact) mass is 207 g/mol. The summed E-state index contributed by atoms with van der Waals surface area (Å²) < 4.78 is 5.32. The Morgan fingerprint density at radius 2 is 2.13 bits per heavy atom. The van der Waals surface area contributed by atoms with Crippen LogP contribution >= 0.6 is 0 Å². The highest BCUT2D eigenvalue weighted by atomic mass is 16.5. The minimum absolute atomic E-state index is 0.100. The maximum absolute atomic E-state index is 9.50. The van der Waals surface area contributed by atoms with Gasteiger partial charge in [0.15, 0.2) is 0 Å². The molecule has 3 N–H and O–H groups in total. The van der Waals surface area contributed by atoms with Gasteiger partial charge in [0.05, 0.1) is 7.11 Å². The molecule has 1 aromatic carbocycles. The molecule has 0 radical (unpaired) electrons. The van der Waals surface area contributed by atoms with Gasteiger partial charge in [-0.1, -0.05) is 0 Å². The molecule has 0 aromatic heterocycles. The lowest BCUT2D eigenvalue weighted by Crippen LogP contribution is -2.21. The number of benzene rings is 1. The Bertz CT molecular complexity index is 383. The highest BCUT2D eigenvalue weighted by Gasteiger charge is 2.45. The fraction of sp³-hybridized carbons (Fsp3) is 0.500. The first-order valence-corrected chi connectivity index (χ1v) is 5.21. The molecule has 0 spiro atoms. The number of nitrogens with two attached hydrogens (primary N) is 1. The van der Waals surface area contributed by atoms with Crippen LogP contribution in [0.25, 0.3) is 0 Å². The van der Waals surface area contributed by atoms with E-state index in [1.807, 2.05) is 6.92 Å². The molecule has 0 saturated heterocycles. The first kappa shape index (κ1) is 10.3. The molecule has 1 aromatic rings. The van der Waals surface area contributed by atoms with Crippen molar-refractivity contribution in [1.29, 1.82) is 0 Å². The summed E-state index contributed by atoms with van der Waals surface area (Å²) in [5.74, 6) is 1.01. The zero-order valence-corrected chi connectivity index (χ0v) is 9.21. The second-order valence-corrected chi connectivity index (χ2v) is 4.32. The largest absolute Gasteiger partial charge is 0.508 e. The number of rotatable bonds is 3. The van der Waals surface area contributed by atoms with Gasteiger partial charge in [0.1, 0.15) is 11.5 Å². The second-order valence-electron chi connectivity index (χ2n) is 4.32. The van der Waals surface area contributed by atoms with Crippen LogP contribution in [0.4, 0.5) is 0 Å². The molecule has 1 saturated carbocycles. The third-order valence-corrected chi connectivity index (χ3v) is 3.28. The van der Waals surface area contributed by atoms with Gasteiger partial charge in [-0.15, -0.1) is 0 Å². The van der Waals surface area contributed by atoms with Crippen molar-refractivity contribution in [2.45, 2.75) is 25.2 Å². The average molecular weight is 207 g/mol. The van der Waals surface area contributed by atoms with E-state index in [2.05, 4.69) is 0 Å². The molecule has 0 amide bonds. The molecule has 0 bridgehead atoms. The van der Waals surface area contributed by atoms with Crippen molar-refractivity contribution in [3.05, 3.63) is 23.3 Å². The summed E-state index contributed by atoms with van der Waals surface area (Å²) in [5, 5.41) is 9.50. The number of aryl methyl sites for hydroxylation is 1. The Hall–Kier alpha value is -1.22. The second kappa shape index (κ2) is 3.42. The van der Waals surface area contributed by atoms with E-state index in [1.165, 1.54) is 5.56 Å². The number of hydrogen-bond acceptors (Lipinski definition) is 3. The molecule has 2 rings (SSSR count). The predicted molar refractivity (Wildman–Crippen MR) is 59.4 cm³/mol. The molecule has 0 aliphatic heterocycles. The minimum Gasteiger partial charge on any atom is -0.508 e. The van der Waals surface area contributed by atoms with E-state index in [1.54, 1.807) is 19.2 Å². The molecule has 1 aliphatic rings. The quantitative estimate of drug-likeness (QED) is 0.793. The molecule has 15 heavy (non-hydrogen) atoms. The number of phenols is 1. The fourth-order valence-electron chi connectivity index (χ4n) is 2.28. The standard InChI is InChI=1S/C12H17NO2/c1-8-5-9(14)6-10(15-2)11(8)12(7-13)3-4-12/h5-6,14H,3-4,7,13H2,1-2H3. The average Bonchev–Trinajstić information content (AvgIpc) is 2.97. The number of ether oxygens (including phenoxy) is 1. The molecule has 3 nitrogen and oxygen atoms in total. The van der Waals surface area contributed by atoms with E-state index in [4.69, 9.17) is 10.5 Å². The van der Waals surface area contributed by atoms with Crippen LogP contribution in [0, 0.1) is 6.92 Å². The Labute approximate surface area is 89.9 Å². The third-order valence-electron chi connectivity index (χ3n) is 3.28. The Morgan fingerprint density at radius 3 is 2.60 bits per heavy atom. The molecule has 0 heterocycles. The Balaban J connectivity index is 2.54. The van der Waals surface area contributed by atoms with Crippen molar-refractivity contribution in [2.75, 3.05) is 13.7 Å². The zero-order valence-electron chi connectivity index (χ0n) is 9.21. The number of phenolic OH excluding ortho intramolecular Hbond substituents is 1. The van der Waals surface area contributed by atoms with Gasteiger partial charge < -0.3 is 15.6 Å². The normalized spacial score (nSPS) is 17.5. The number of aromatic hydroxyl groups is 1. The van der Waals surface area contributed by atoms with Crippen molar-refractivity contribution in [3.63, 3.8) is 0 Å². The molecule has 82 valence electrons. The van der Waals surface area contributed by atoms with E-state index in [0.29, 0.717) is 6.54 Å². The summed E-state index contributed by atoms with van der Waals surface area (Å²) in [6.45, 7) is 2.64. The Morgan fingerprint density at radius 1 is 1.47 bits per heavy atom. The predicted octanol–water partition coefficient (Wildman–Crippen LogP) is 1.70. The van der Waals surface area contributed by atoms with Crippen LogP contribution in [0.5, 0.6) is 11.5 Å². The third kappa shape index (κ3) is 1.57. The van der Waals surface area contributed by atoms with Gasteiger partial charge in [-0.05, 0) is 31.4 Å². The van der Waals surface area contributed by atoms with Gasteiger partial charge in [-0.3, -0.25) is 0 Å². The molecular formula is C12H17NO2. The summed E-state index contributed by atoms with van der Waals surface area (Å²) in [6.07, 6.45) is 2.23. The lowest BCUT2D eigenvalue weighted by molar-refractivity contribution is 0.396. The highest BCUT2D eigenvalue weighted by molar-refractivity contribution is 5.52. The maximum atomic E-state index is 9.50. The Kier molecular flexibility index (Phi) is 2.35. The summed E-state index contributed by atoms with van der Waals surface area (Å²) in [5.41, 5.74) is 8.15. The van der Waals surface area contributed by atoms with Gasteiger partial charge in [-0.2, -0.15) is 0 Å². The van der Waals surface area contributed by atoms with Crippen LogP contribution in [0.1, 0.15) is 24.0 Å². The van der Waals surface area contributed by atoms with Gasteiger partial charge >= 0.3 is 0 Å². The summed E-state index contributed by atoms with van der Waals surface area (Å²) in [4.78, 5) is 0. The molecule has 0 atom stereocenters. The van der Waals surface area contributed by atoms with Gasteiger partial charge in [-0.25, -0.2) is 0 Å². The molecule has 1 fully saturated rings. The first-order valence-electron chi connectivity index (χ1n) is 5.21.